The van der Waals surface area contributed by atoms with Gasteiger partial charge in [0.1, 0.15) is 6.61 Å². The van der Waals surface area contributed by atoms with Gasteiger partial charge in [-0.1, -0.05) is 0 Å². The van der Waals surface area contributed by atoms with Crippen LogP contribution in [0.4, 0.5) is 5.69 Å². The lowest BCUT2D eigenvalue weighted by Crippen LogP contribution is -2.27. The molecule has 2 aromatic heterocycles. The third-order valence-electron chi connectivity index (χ3n) is 5.46. The highest BCUT2D eigenvalue weighted by molar-refractivity contribution is 7.89. The second-order valence-corrected chi connectivity index (χ2v) is 9.72. The van der Waals surface area contributed by atoms with E-state index in [0.29, 0.717) is 43.4 Å². The van der Waals surface area contributed by atoms with Gasteiger partial charge in [0, 0.05) is 45.3 Å². The van der Waals surface area contributed by atoms with Crippen molar-refractivity contribution in [1.29, 1.82) is 0 Å². The zero-order valence-corrected chi connectivity index (χ0v) is 19.5. The Hall–Kier alpha value is -3.22. The minimum Gasteiger partial charge on any atom is -0.475 e. The second-order valence-electron chi connectivity index (χ2n) is 7.78. The normalized spacial score (nSPS) is 14.5. The molecule has 1 aromatic carbocycles. The molecule has 3 aromatic rings. The van der Waals surface area contributed by atoms with Crippen molar-refractivity contribution in [1.82, 2.24) is 13.9 Å². The van der Waals surface area contributed by atoms with Gasteiger partial charge in [0.15, 0.2) is 5.58 Å². The van der Waals surface area contributed by atoms with E-state index in [9.17, 15) is 18.0 Å². The lowest BCUT2D eigenvalue weighted by atomic mass is 10.3. The third kappa shape index (κ3) is 5.29. The molecule has 0 saturated carbocycles. The van der Waals surface area contributed by atoms with Crippen LogP contribution in [0.25, 0.3) is 11.1 Å². The molecule has 12 heteroatoms. The van der Waals surface area contributed by atoms with Crippen LogP contribution in [0.2, 0.25) is 0 Å². The molecule has 4 rings (SSSR count). The molecule has 0 atom stereocenters. The number of aromatic nitrogens is 2. The standard InChI is InChI=1S/C22H26N4O7S/c1-31-12-13-32-21-7-4-16(15-23-21)24-20(27)8-11-26-18-6-5-17(14-19(18)33-22(26)28)34(29,30)25-9-2-3-10-25/h4-7,14-15H,2-3,8-13H2,1H3,(H,24,27). The van der Waals surface area contributed by atoms with E-state index >= 15 is 0 Å². The number of aryl methyl sites for hydroxylation is 1. The molecule has 11 nitrogen and oxygen atoms in total. The first kappa shape index (κ1) is 23.9. The molecule has 1 amide bonds. The highest BCUT2D eigenvalue weighted by atomic mass is 32.2. The minimum atomic E-state index is -3.63. The predicted octanol–water partition coefficient (Wildman–Crippen LogP) is 1.83. The number of oxazole rings is 1. The van der Waals surface area contributed by atoms with Gasteiger partial charge in [-0.3, -0.25) is 9.36 Å². The zero-order valence-electron chi connectivity index (χ0n) is 18.7. The van der Waals surface area contributed by atoms with Gasteiger partial charge in [0.2, 0.25) is 21.8 Å². The van der Waals surface area contributed by atoms with Crippen LogP contribution < -0.4 is 15.8 Å². The van der Waals surface area contributed by atoms with Crippen LogP contribution in [0.15, 0.2) is 50.6 Å². The number of hydrogen-bond acceptors (Lipinski definition) is 8. The highest BCUT2D eigenvalue weighted by Gasteiger charge is 2.28. The van der Waals surface area contributed by atoms with Crippen molar-refractivity contribution in [3.8, 4) is 5.88 Å². The van der Waals surface area contributed by atoms with Crippen molar-refractivity contribution in [2.75, 3.05) is 38.7 Å². The SMILES string of the molecule is COCCOc1ccc(NC(=O)CCn2c(=O)oc3cc(S(=O)(=O)N4CCCC4)ccc32)cn1. The van der Waals surface area contributed by atoms with Crippen molar-refractivity contribution in [2.24, 2.45) is 0 Å². The van der Waals surface area contributed by atoms with E-state index in [2.05, 4.69) is 10.3 Å². The molecule has 1 saturated heterocycles. The van der Waals surface area contributed by atoms with Crippen molar-refractivity contribution in [3.63, 3.8) is 0 Å². The van der Waals surface area contributed by atoms with Gasteiger partial charge >= 0.3 is 5.76 Å². The molecular weight excluding hydrogens is 464 g/mol. The molecule has 0 aliphatic carbocycles. The number of sulfonamides is 1. The Bertz CT molecular complexity index is 1310. The Labute approximate surface area is 196 Å². The Morgan fingerprint density at radius 1 is 1.18 bits per heavy atom. The first-order valence-electron chi connectivity index (χ1n) is 10.9. The summed E-state index contributed by atoms with van der Waals surface area (Å²) in [6.45, 7) is 1.85. The first-order valence-corrected chi connectivity index (χ1v) is 12.3. The third-order valence-corrected chi connectivity index (χ3v) is 7.36. The zero-order chi connectivity index (χ0) is 24.1. The number of ether oxygens (including phenoxy) is 2. The molecule has 34 heavy (non-hydrogen) atoms. The smallest absolute Gasteiger partial charge is 0.419 e. The Morgan fingerprint density at radius 2 is 1.97 bits per heavy atom. The summed E-state index contributed by atoms with van der Waals surface area (Å²) in [5.41, 5.74) is 1.08. The van der Waals surface area contributed by atoms with Crippen LogP contribution in [-0.4, -0.2) is 61.6 Å². The molecule has 0 bridgehead atoms. The van der Waals surface area contributed by atoms with E-state index < -0.39 is 15.8 Å². The van der Waals surface area contributed by atoms with Gasteiger partial charge in [-0.15, -0.1) is 0 Å². The topological polar surface area (TPSA) is 133 Å². The molecule has 1 fully saturated rings. The number of rotatable bonds is 10. The van der Waals surface area contributed by atoms with E-state index in [1.807, 2.05) is 0 Å². The van der Waals surface area contributed by atoms with Gasteiger partial charge < -0.3 is 19.2 Å². The summed E-state index contributed by atoms with van der Waals surface area (Å²) in [6, 6.07) is 7.65. The first-order chi connectivity index (χ1) is 16.4. The number of methoxy groups -OCH3 is 1. The maximum absolute atomic E-state index is 12.8. The molecular formula is C22H26N4O7S. The number of fused-ring (bicyclic) bond motifs is 1. The molecule has 182 valence electrons. The van der Waals surface area contributed by atoms with Crippen molar-refractivity contribution in [3.05, 3.63) is 47.1 Å². The average molecular weight is 491 g/mol. The number of nitrogens with zero attached hydrogens (tertiary/aromatic N) is 3. The summed E-state index contributed by atoms with van der Waals surface area (Å²) < 4.78 is 43.8. The molecule has 1 N–H and O–H groups in total. The van der Waals surface area contributed by atoms with Crippen molar-refractivity contribution < 1.29 is 27.1 Å². The average Bonchev–Trinajstić information content (AvgIpc) is 3.47. The molecule has 0 spiro atoms. The van der Waals surface area contributed by atoms with Crippen molar-refractivity contribution in [2.45, 2.75) is 30.7 Å². The lowest BCUT2D eigenvalue weighted by molar-refractivity contribution is -0.116. The summed E-state index contributed by atoms with van der Waals surface area (Å²) >= 11 is 0. The van der Waals surface area contributed by atoms with Gasteiger partial charge in [0.05, 0.1) is 28.9 Å². The Morgan fingerprint density at radius 3 is 2.68 bits per heavy atom. The van der Waals surface area contributed by atoms with Crippen LogP contribution in [0, 0.1) is 0 Å². The van der Waals surface area contributed by atoms with Crippen LogP contribution >= 0.6 is 0 Å². The van der Waals surface area contributed by atoms with Crippen LogP contribution in [0.5, 0.6) is 5.88 Å². The quantitative estimate of drug-likeness (QED) is 0.426. The number of pyridine rings is 1. The fourth-order valence-electron chi connectivity index (χ4n) is 3.70. The Balaban J connectivity index is 1.40. The van der Waals surface area contributed by atoms with Gasteiger partial charge in [-0.2, -0.15) is 4.31 Å². The van der Waals surface area contributed by atoms with E-state index in [1.54, 1.807) is 19.2 Å². The van der Waals surface area contributed by atoms with Crippen LogP contribution in [-0.2, 0) is 26.1 Å². The maximum Gasteiger partial charge on any atom is 0.419 e. The monoisotopic (exact) mass is 490 g/mol. The number of hydrogen-bond donors (Lipinski definition) is 1. The molecule has 0 radical (unpaired) electrons. The number of amides is 1. The summed E-state index contributed by atoms with van der Waals surface area (Å²) in [5.74, 6) is -0.556. The van der Waals surface area contributed by atoms with Gasteiger partial charge in [-0.05, 0) is 31.0 Å². The molecule has 1 aliphatic heterocycles. The molecule has 0 unspecified atom stereocenters. The highest BCUT2D eigenvalue weighted by Crippen LogP contribution is 2.24. The largest absolute Gasteiger partial charge is 0.475 e. The van der Waals surface area contributed by atoms with E-state index in [4.69, 9.17) is 13.9 Å². The number of carbonyl (C=O) groups is 1. The number of benzene rings is 1. The fourth-order valence-corrected chi connectivity index (χ4v) is 5.24. The predicted molar refractivity (Wildman–Crippen MR) is 123 cm³/mol. The molecule has 1 aliphatic rings. The summed E-state index contributed by atoms with van der Waals surface area (Å²) in [6.07, 6.45) is 3.14. The minimum absolute atomic E-state index is 0.00839. The van der Waals surface area contributed by atoms with E-state index in [0.717, 1.165) is 12.8 Å². The maximum atomic E-state index is 12.8. The Kier molecular flexibility index (Phi) is 7.29. The number of anilines is 1. The lowest BCUT2D eigenvalue weighted by Gasteiger charge is -2.15. The van der Waals surface area contributed by atoms with Crippen molar-refractivity contribution >= 4 is 32.7 Å². The summed E-state index contributed by atoms with van der Waals surface area (Å²) in [5, 5.41) is 2.71. The van der Waals surface area contributed by atoms with E-state index in [1.165, 1.54) is 33.3 Å². The van der Waals surface area contributed by atoms with Crippen LogP contribution in [0.3, 0.4) is 0 Å². The second kappa shape index (κ2) is 10.4. The number of carbonyl (C=O) groups excluding carboxylic acids is 1. The van der Waals surface area contributed by atoms with Gasteiger partial charge in [-0.25, -0.2) is 18.2 Å². The van der Waals surface area contributed by atoms with E-state index in [-0.39, 0.29) is 29.4 Å². The van der Waals surface area contributed by atoms with Crippen LogP contribution in [0.1, 0.15) is 19.3 Å². The molecule has 3 heterocycles. The number of nitrogens with one attached hydrogen (secondary N) is 1. The fraction of sp³-hybridized carbons (Fsp3) is 0.409. The summed E-state index contributed by atoms with van der Waals surface area (Å²) in [7, 11) is -2.05. The van der Waals surface area contributed by atoms with Gasteiger partial charge in [0.25, 0.3) is 0 Å². The summed E-state index contributed by atoms with van der Waals surface area (Å²) in [4.78, 5) is 28.9.